The van der Waals surface area contributed by atoms with Gasteiger partial charge in [-0.3, -0.25) is 0 Å². The van der Waals surface area contributed by atoms with Gasteiger partial charge in [-0.25, -0.2) is 4.39 Å². The summed E-state index contributed by atoms with van der Waals surface area (Å²) < 4.78 is 15.4. The minimum atomic E-state index is -1.18. The zero-order valence-electron chi connectivity index (χ0n) is 14.2. The number of rotatable bonds is 4. The highest BCUT2D eigenvalue weighted by atomic mass is 31.1. The van der Waals surface area contributed by atoms with Crippen molar-refractivity contribution in [3.05, 3.63) is 114 Å². The SMILES string of the molecule is F/C(=C\c1ccc2ccccc2c1)P(c1ccccc1)c1ccccc1. The highest BCUT2D eigenvalue weighted by molar-refractivity contribution is 7.76. The van der Waals surface area contributed by atoms with Gasteiger partial charge in [-0.05, 0) is 39.1 Å². The van der Waals surface area contributed by atoms with Crippen LogP contribution in [-0.4, -0.2) is 0 Å². The fraction of sp³-hybridized carbons (Fsp3) is 0. The van der Waals surface area contributed by atoms with Gasteiger partial charge >= 0.3 is 0 Å². The fourth-order valence-electron chi connectivity index (χ4n) is 3.05. The van der Waals surface area contributed by atoms with E-state index in [1.165, 1.54) is 5.39 Å². The molecule has 0 heterocycles. The molecular weight excluding hydrogens is 338 g/mol. The van der Waals surface area contributed by atoms with Crippen LogP contribution >= 0.6 is 7.92 Å². The second kappa shape index (κ2) is 7.64. The molecule has 0 amide bonds. The van der Waals surface area contributed by atoms with Crippen LogP contribution in [0.1, 0.15) is 5.56 Å². The lowest BCUT2D eigenvalue weighted by Gasteiger charge is -2.17. The summed E-state index contributed by atoms with van der Waals surface area (Å²) >= 11 is 0. The van der Waals surface area contributed by atoms with Crippen LogP contribution in [0.25, 0.3) is 16.8 Å². The van der Waals surface area contributed by atoms with Gasteiger partial charge in [-0.1, -0.05) is 97.1 Å². The summed E-state index contributed by atoms with van der Waals surface area (Å²) in [6.07, 6.45) is 1.68. The van der Waals surface area contributed by atoms with Gasteiger partial charge in [0.25, 0.3) is 0 Å². The van der Waals surface area contributed by atoms with Gasteiger partial charge in [0.1, 0.15) is 5.57 Å². The summed E-state index contributed by atoms with van der Waals surface area (Å²) in [5.41, 5.74) is 0.799. The van der Waals surface area contributed by atoms with E-state index in [2.05, 4.69) is 12.1 Å². The molecule has 0 fully saturated rings. The van der Waals surface area contributed by atoms with Gasteiger partial charge in [-0.2, -0.15) is 0 Å². The van der Waals surface area contributed by atoms with E-state index in [1.54, 1.807) is 6.08 Å². The van der Waals surface area contributed by atoms with E-state index in [9.17, 15) is 0 Å². The van der Waals surface area contributed by atoms with Crippen LogP contribution in [0.4, 0.5) is 4.39 Å². The molecule has 0 aromatic heterocycles. The topological polar surface area (TPSA) is 0 Å². The standard InChI is InChI=1S/C24H18FP/c25-24(18-19-15-16-20-9-7-8-10-21(20)17-19)26(22-11-3-1-4-12-22)23-13-5-2-6-14-23/h1-18H/b24-18+. The van der Waals surface area contributed by atoms with Crippen molar-refractivity contribution in [3.8, 4) is 0 Å². The molecule has 4 aromatic carbocycles. The first kappa shape index (κ1) is 16.7. The number of hydrogen-bond donors (Lipinski definition) is 0. The van der Waals surface area contributed by atoms with Gasteiger partial charge in [0, 0.05) is 7.92 Å². The molecule has 2 heteroatoms. The molecule has 4 aromatic rings. The van der Waals surface area contributed by atoms with Gasteiger partial charge in [0.15, 0.2) is 0 Å². The van der Waals surface area contributed by atoms with Crippen LogP contribution in [0.15, 0.2) is 109 Å². The van der Waals surface area contributed by atoms with E-state index >= 15 is 4.39 Å². The average molecular weight is 356 g/mol. The van der Waals surface area contributed by atoms with Crippen LogP contribution in [0, 0.1) is 0 Å². The normalized spacial score (nSPS) is 11.8. The van der Waals surface area contributed by atoms with E-state index in [0.717, 1.165) is 21.6 Å². The van der Waals surface area contributed by atoms with Crippen LogP contribution in [0.2, 0.25) is 0 Å². The summed E-state index contributed by atoms with van der Waals surface area (Å²) in [5.74, 6) is 0. The Morgan fingerprint density at radius 1 is 0.615 bits per heavy atom. The second-order valence-electron chi connectivity index (χ2n) is 6.08. The lowest BCUT2D eigenvalue weighted by molar-refractivity contribution is 0.703. The Morgan fingerprint density at radius 3 is 1.77 bits per heavy atom. The van der Waals surface area contributed by atoms with Gasteiger partial charge in [0.2, 0.25) is 0 Å². The summed E-state index contributed by atoms with van der Waals surface area (Å²) in [6.45, 7) is 0. The van der Waals surface area contributed by atoms with E-state index in [1.807, 2.05) is 91.0 Å². The number of hydrogen-bond acceptors (Lipinski definition) is 0. The molecule has 26 heavy (non-hydrogen) atoms. The molecule has 0 atom stereocenters. The molecule has 126 valence electrons. The molecule has 0 nitrogen and oxygen atoms in total. The first-order chi connectivity index (χ1) is 12.8. The maximum Gasteiger partial charge on any atom is 0.132 e. The van der Waals surface area contributed by atoms with Crippen LogP contribution in [-0.2, 0) is 0 Å². The zero-order valence-corrected chi connectivity index (χ0v) is 15.1. The van der Waals surface area contributed by atoms with Crippen molar-refractivity contribution in [1.29, 1.82) is 0 Å². The van der Waals surface area contributed by atoms with E-state index in [-0.39, 0.29) is 5.57 Å². The van der Waals surface area contributed by atoms with Crippen molar-refractivity contribution in [1.82, 2.24) is 0 Å². The van der Waals surface area contributed by atoms with Crippen molar-refractivity contribution in [2.24, 2.45) is 0 Å². The Kier molecular flexibility index (Phi) is 4.91. The van der Waals surface area contributed by atoms with Crippen molar-refractivity contribution < 1.29 is 4.39 Å². The molecule has 0 aliphatic rings. The quantitative estimate of drug-likeness (QED) is 0.380. The van der Waals surface area contributed by atoms with E-state index in [4.69, 9.17) is 0 Å². The Labute approximate surface area is 154 Å². The van der Waals surface area contributed by atoms with Crippen molar-refractivity contribution in [2.75, 3.05) is 0 Å². The highest BCUT2D eigenvalue weighted by Crippen LogP contribution is 2.44. The number of halogens is 1. The predicted octanol–water partition coefficient (Wildman–Crippen LogP) is 6.24. The molecule has 0 aliphatic carbocycles. The first-order valence-corrected chi connectivity index (χ1v) is 9.92. The molecular formula is C24H18FP. The highest BCUT2D eigenvalue weighted by Gasteiger charge is 2.18. The first-order valence-electron chi connectivity index (χ1n) is 8.57. The third-order valence-electron chi connectivity index (χ3n) is 4.30. The molecule has 0 aliphatic heterocycles. The van der Waals surface area contributed by atoms with Gasteiger partial charge in [-0.15, -0.1) is 0 Å². The molecule has 0 N–H and O–H groups in total. The van der Waals surface area contributed by atoms with Crippen LogP contribution < -0.4 is 10.6 Å². The zero-order chi connectivity index (χ0) is 17.8. The Balaban J connectivity index is 1.78. The summed E-state index contributed by atoms with van der Waals surface area (Å²) in [4.78, 5) is 0. The predicted molar refractivity (Wildman–Crippen MR) is 112 cm³/mol. The maximum atomic E-state index is 15.4. The molecule has 0 spiro atoms. The molecule has 4 rings (SSSR count). The monoisotopic (exact) mass is 356 g/mol. The molecule has 0 saturated heterocycles. The summed E-state index contributed by atoms with van der Waals surface area (Å²) in [7, 11) is -1.18. The van der Waals surface area contributed by atoms with Gasteiger partial charge in [0.05, 0.1) is 0 Å². The van der Waals surface area contributed by atoms with Crippen molar-refractivity contribution in [2.45, 2.75) is 0 Å². The number of benzene rings is 4. The van der Waals surface area contributed by atoms with Gasteiger partial charge < -0.3 is 0 Å². The third kappa shape index (κ3) is 3.59. The largest absolute Gasteiger partial charge is 0.206 e. The van der Waals surface area contributed by atoms with Crippen LogP contribution in [0.3, 0.4) is 0 Å². The minimum Gasteiger partial charge on any atom is -0.206 e. The Morgan fingerprint density at radius 2 is 1.15 bits per heavy atom. The average Bonchev–Trinajstić information content (AvgIpc) is 2.70. The Bertz CT molecular complexity index is 1000. The maximum absolute atomic E-state index is 15.4. The third-order valence-corrected chi connectivity index (χ3v) is 6.49. The summed E-state index contributed by atoms with van der Waals surface area (Å²) in [5, 5.41) is 4.32. The van der Waals surface area contributed by atoms with E-state index in [0.29, 0.717) is 0 Å². The second-order valence-corrected chi connectivity index (χ2v) is 8.21. The smallest absolute Gasteiger partial charge is 0.132 e. The van der Waals surface area contributed by atoms with Crippen molar-refractivity contribution in [3.63, 3.8) is 0 Å². The van der Waals surface area contributed by atoms with E-state index < -0.39 is 7.92 Å². The Hall–Kier alpha value is -2.76. The lowest BCUT2D eigenvalue weighted by Crippen LogP contribution is -2.11. The molecule has 0 saturated carbocycles. The molecule has 0 radical (unpaired) electrons. The minimum absolute atomic E-state index is 0.0901. The lowest BCUT2D eigenvalue weighted by atomic mass is 10.1. The molecule has 0 unspecified atom stereocenters. The fourth-order valence-corrected chi connectivity index (χ4v) is 5.06. The molecule has 0 bridgehead atoms. The van der Waals surface area contributed by atoms with Crippen LogP contribution in [0.5, 0.6) is 0 Å². The van der Waals surface area contributed by atoms with Crippen molar-refractivity contribution >= 4 is 35.4 Å². The summed E-state index contributed by atoms with van der Waals surface area (Å²) in [6, 6.07) is 34.0. The number of fused-ring (bicyclic) bond motifs is 1.